The number of nitrogens with zero attached hydrogens (tertiary/aromatic N) is 2. The summed E-state index contributed by atoms with van der Waals surface area (Å²) >= 11 is 1.54. The van der Waals surface area contributed by atoms with E-state index in [1.165, 1.54) is 11.1 Å². The molecule has 4 nitrogen and oxygen atoms in total. The molecule has 1 aliphatic rings. The van der Waals surface area contributed by atoms with Crippen LogP contribution in [0.3, 0.4) is 0 Å². The van der Waals surface area contributed by atoms with E-state index in [0.29, 0.717) is 13.1 Å². The molecule has 0 saturated heterocycles. The highest BCUT2D eigenvalue weighted by molar-refractivity contribution is 7.07. The first-order valence-electron chi connectivity index (χ1n) is 6.29. The van der Waals surface area contributed by atoms with Crippen molar-refractivity contribution in [3.05, 3.63) is 52.0 Å². The van der Waals surface area contributed by atoms with Crippen LogP contribution < -0.4 is 5.32 Å². The van der Waals surface area contributed by atoms with Crippen molar-refractivity contribution in [2.24, 2.45) is 0 Å². The minimum Gasteiger partial charge on any atom is -0.332 e. The van der Waals surface area contributed by atoms with Crippen molar-refractivity contribution in [1.29, 1.82) is 0 Å². The summed E-state index contributed by atoms with van der Waals surface area (Å²) in [6.45, 7) is 1.97. The van der Waals surface area contributed by atoms with Gasteiger partial charge in [-0.25, -0.2) is 9.78 Å². The molecule has 0 fully saturated rings. The summed E-state index contributed by atoms with van der Waals surface area (Å²) in [6, 6.07) is 8.30. The molecule has 0 saturated carbocycles. The van der Waals surface area contributed by atoms with Crippen molar-refractivity contribution in [3.63, 3.8) is 0 Å². The van der Waals surface area contributed by atoms with E-state index in [-0.39, 0.29) is 6.03 Å². The molecule has 0 atom stereocenters. The summed E-state index contributed by atoms with van der Waals surface area (Å²) in [6.07, 6.45) is 0.931. The van der Waals surface area contributed by atoms with Crippen LogP contribution in [0, 0.1) is 0 Å². The van der Waals surface area contributed by atoms with E-state index in [9.17, 15) is 4.79 Å². The summed E-state index contributed by atoms with van der Waals surface area (Å²) in [5.41, 5.74) is 5.29. The van der Waals surface area contributed by atoms with Crippen LogP contribution >= 0.6 is 11.3 Å². The zero-order valence-electron chi connectivity index (χ0n) is 10.5. The van der Waals surface area contributed by atoms with Crippen LogP contribution in [-0.4, -0.2) is 22.5 Å². The molecule has 1 aromatic heterocycles. The number of nitrogens with one attached hydrogen (secondary N) is 1. The fourth-order valence-electron chi connectivity index (χ4n) is 2.27. The third kappa shape index (κ3) is 2.76. The maximum Gasteiger partial charge on any atom is 0.318 e. The second kappa shape index (κ2) is 5.40. The number of aromatic nitrogens is 1. The monoisotopic (exact) mass is 273 g/mol. The highest BCUT2D eigenvalue weighted by Gasteiger charge is 2.19. The molecule has 2 aromatic rings. The highest BCUT2D eigenvalue weighted by Crippen LogP contribution is 2.18. The number of fused-ring (bicyclic) bond motifs is 1. The Hall–Kier alpha value is -1.88. The van der Waals surface area contributed by atoms with E-state index in [1.54, 1.807) is 16.8 Å². The molecule has 0 aliphatic carbocycles. The summed E-state index contributed by atoms with van der Waals surface area (Å²) < 4.78 is 0. The highest BCUT2D eigenvalue weighted by atomic mass is 32.1. The fourth-order valence-corrected chi connectivity index (χ4v) is 2.83. The minimum absolute atomic E-state index is 0.0116. The number of hydrogen-bond acceptors (Lipinski definition) is 3. The van der Waals surface area contributed by atoms with Gasteiger partial charge in [0.2, 0.25) is 0 Å². The topological polar surface area (TPSA) is 45.2 Å². The molecule has 0 unspecified atom stereocenters. The van der Waals surface area contributed by atoms with Crippen LogP contribution in [0.4, 0.5) is 4.79 Å². The minimum atomic E-state index is -0.0116. The lowest BCUT2D eigenvalue weighted by Gasteiger charge is -2.28. The summed E-state index contributed by atoms with van der Waals surface area (Å²) in [4.78, 5) is 18.1. The maximum absolute atomic E-state index is 12.1. The summed E-state index contributed by atoms with van der Waals surface area (Å²) in [7, 11) is 0. The quantitative estimate of drug-likeness (QED) is 0.913. The Morgan fingerprint density at radius 3 is 3.00 bits per heavy atom. The van der Waals surface area contributed by atoms with Gasteiger partial charge in [-0.1, -0.05) is 24.3 Å². The van der Waals surface area contributed by atoms with E-state index >= 15 is 0 Å². The van der Waals surface area contributed by atoms with Crippen molar-refractivity contribution >= 4 is 17.4 Å². The van der Waals surface area contributed by atoms with Gasteiger partial charge in [-0.05, 0) is 17.5 Å². The molecule has 0 radical (unpaired) electrons. The van der Waals surface area contributed by atoms with Crippen molar-refractivity contribution in [2.45, 2.75) is 19.5 Å². The van der Waals surface area contributed by atoms with Gasteiger partial charge in [0.15, 0.2) is 0 Å². The largest absolute Gasteiger partial charge is 0.332 e. The van der Waals surface area contributed by atoms with Gasteiger partial charge in [0, 0.05) is 18.5 Å². The molecule has 1 aromatic carbocycles. The van der Waals surface area contributed by atoms with Gasteiger partial charge in [0.25, 0.3) is 0 Å². The Bertz CT molecular complexity index is 568. The molecule has 1 aliphatic heterocycles. The van der Waals surface area contributed by atoms with Gasteiger partial charge >= 0.3 is 6.03 Å². The number of hydrogen-bond donors (Lipinski definition) is 1. The molecular weight excluding hydrogens is 258 g/mol. The summed E-state index contributed by atoms with van der Waals surface area (Å²) in [5.74, 6) is 0. The van der Waals surface area contributed by atoms with Crippen molar-refractivity contribution in [3.8, 4) is 0 Å². The van der Waals surface area contributed by atoms with E-state index in [1.807, 2.05) is 16.3 Å². The Kier molecular flexibility index (Phi) is 3.46. The van der Waals surface area contributed by atoms with Crippen molar-refractivity contribution < 1.29 is 4.79 Å². The average molecular weight is 273 g/mol. The van der Waals surface area contributed by atoms with Gasteiger partial charge in [0.1, 0.15) is 0 Å². The molecule has 1 N–H and O–H groups in total. The molecule has 19 heavy (non-hydrogen) atoms. The SMILES string of the molecule is O=C(NCc1cscn1)N1CCc2ccccc2C1. The first-order valence-corrected chi connectivity index (χ1v) is 7.24. The normalized spacial score (nSPS) is 14.0. The van der Waals surface area contributed by atoms with Crippen molar-refractivity contribution in [2.75, 3.05) is 6.54 Å². The third-order valence-corrected chi connectivity index (χ3v) is 3.96. The standard InChI is InChI=1S/C14H15N3OS/c18-14(15-7-13-9-19-10-16-13)17-6-5-11-3-1-2-4-12(11)8-17/h1-4,9-10H,5-8H2,(H,15,18). The number of thiazole rings is 1. The molecule has 0 spiro atoms. The smallest absolute Gasteiger partial charge is 0.318 e. The lowest BCUT2D eigenvalue weighted by Crippen LogP contribution is -2.42. The van der Waals surface area contributed by atoms with Gasteiger partial charge in [-0.2, -0.15) is 0 Å². The molecule has 5 heteroatoms. The molecule has 98 valence electrons. The summed E-state index contributed by atoms with van der Waals surface area (Å²) in [5, 5.41) is 4.87. The molecular formula is C14H15N3OS. The van der Waals surface area contributed by atoms with Gasteiger partial charge in [-0.3, -0.25) is 0 Å². The Labute approximate surface area is 116 Å². The van der Waals surface area contributed by atoms with E-state index < -0.39 is 0 Å². The van der Waals surface area contributed by atoms with E-state index in [0.717, 1.165) is 18.7 Å². The maximum atomic E-state index is 12.1. The predicted molar refractivity (Wildman–Crippen MR) is 74.9 cm³/mol. The van der Waals surface area contributed by atoms with Gasteiger partial charge < -0.3 is 10.2 Å². The number of carbonyl (C=O) groups excluding carboxylic acids is 1. The van der Waals surface area contributed by atoms with Gasteiger partial charge in [-0.15, -0.1) is 11.3 Å². The Morgan fingerprint density at radius 1 is 1.37 bits per heavy atom. The first kappa shape index (κ1) is 12.2. The van der Waals surface area contributed by atoms with Crippen LogP contribution in [0.5, 0.6) is 0 Å². The lowest BCUT2D eigenvalue weighted by molar-refractivity contribution is 0.192. The van der Waals surface area contributed by atoms with Crippen LogP contribution in [-0.2, 0) is 19.5 Å². The fraction of sp³-hybridized carbons (Fsp3) is 0.286. The lowest BCUT2D eigenvalue weighted by atomic mass is 10.0. The second-order valence-electron chi connectivity index (χ2n) is 4.58. The number of amides is 2. The number of urea groups is 1. The zero-order valence-corrected chi connectivity index (χ0v) is 11.3. The van der Waals surface area contributed by atoms with Crippen LogP contribution in [0.1, 0.15) is 16.8 Å². The van der Waals surface area contributed by atoms with Gasteiger partial charge in [0.05, 0.1) is 17.7 Å². The zero-order chi connectivity index (χ0) is 13.1. The van der Waals surface area contributed by atoms with E-state index in [4.69, 9.17) is 0 Å². The second-order valence-corrected chi connectivity index (χ2v) is 5.30. The van der Waals surface area contributed by atoms with Crippen LogP contribution in [0.15, 0.2) is 35.2 Å². The van der Waals surface area contributed by atoms with Crippen LogP contribution in [0.25, 0.3) is 0 Å². The molecule has 3 rings (SSSR count). The molecule has 2 heterocycles. The predicted octanol–water partition coefficient (Wildman–Crippen LogP) is 2.41. The Morgan fingerprint density at radius 2 is 2.21 bits per heavy atom. The third-order valence-electron chi connectivity index (χ3n) is 3.32. The van der Waals surface area contributed by atoms with E-state index in [2.05, 4.69) is 28.5 Å². The molecule has 0 bridgehead atoms. The number of benzene rings is 1. The average Bonchev–Trinajstić information content (AvgIpc) is 2.97. The van der Waals surface area contributed by atoms with Crippen LogP contribution in [0.2, 0.25) is 0 Å². The van der Waals surface area contributed by atoms with Crippen molar-refractivity contribution in [1.82, 2.24) is 15.2 Å². The first-order chi connectivity index (χ1) is 9.33. The number of rotatable bonds is 2. The Balaban J connectivity index is 1.60. The number of carbonyl (C=O) groups is 1. The molecule has 2 amide bonds.